The molecule has 2 rings (SSSR count). The summed E-state index contributed by atoms with van der Waals surface area (Å²) in [4.78, 5) is 29.8. The summed E-state index contributed by atoms with van der Waals surface area (Å²) in [6.45, 7) is 10.3. The molecule has 0 amide bonds. The SMILES string of the molecule is CCOC(=O)c1[nH]c(C)c(C(=O)CN2CCCC(C)C2)c1C. The maximum absolute atomic E-state index is 12.6. The molecular formula is C17H26N2O3. The van der Waals surface area contributed by atoms with Crippen molar-refractivity contribution in [3.05, 3.63) is 22.5 Å². The molecule has 0 aliphatic carbocycles. The van der Waals surface area contributed by atoms with Crippen LogP contribution in [0.2, 0.25) is 0 Å². The van der Waals surface area contributed by atoms with E-state index >= 15 is 0 Å². The molecule has 22 heavy (non-hydrogen) atoms. The second kappa shape index (κ2) is 7.09. The lowest BCUT2D eigenvalue weighted by atomic mass is 9.99. The van der Waals surface area contributed by atoms with Crippen LogP contribution in [0.25, 0.3) is 0 Å². The number of carbonyl (C=O) groups is 2. The van der Waals surface area contributed by atoms with Crippen molar-refractivity contribution in [2.45, 2.75) is 40.5 Å². The molecule has 1 unspecified atom stereocenters. The van der Waals surface area contributed by atoms with Gasteiger partial charge in [-0.15, -0.1) is 0 Å². The summed E-state index contributed by atoms with van der Waals surface area (Å²) in [6.07, 6.45) is 2.38. The average molecular weight is 306 g/mol. The Labute approximate surface area is 132 Å². The lowest BCUT2D eigenvalue weighted by molar-refractivity contribution is 0.0519. The second-order valence-electron chi connectivity index (χ2n) is 6.25. The molecule has 5 nitrogen and oxygen atoms in total. The Morgan fingerprint density at radius 2 is 2.09 bits per heavy atom. The monoisotopic (exact) mass is 306 g/mol. The number of ketones is 1. The number of carbonyl (C=O) groups excluding carboxylic acids is 2. The zero-order valence-electron chi connectivity index (χ0n) is 14.0. The Bertz CT molecular complexity index is 562. The van der Waals surface area contributed by atoms with Crippen LogP contribution in [0.3, 0.4) is 0 Å². The molecule has 122 valence electrons. The first-order chi connectivity index (χ1) is 10.4. The molecule has 1 aromatic heterocycles. The fourth-order valence-corrected chi connectivity index (χ4v) is 3.29. The zero-order chi connectivity index (χ0) is 16.3. The van der Waals surface area contributed by atoms with Crippen molar-refractivity contribution in [3.8, 4) is 0 Å². The van der Waals surface area contributed by atoms with Gasteiger partial charge in [-0.2, -0.15) is 0 Å². The first-order valence-corrected chi connectivity index (χ1v) is 8.05. The van der Waals surface area contributed by atoms with Crippen LogP contribution >= 0.6 is 0 Å². The van der Waals surface area contributed by atoms with E-state index < -0.39 is 5.97 Å². The van der Waals surface area contributed by atoms with Crippen LogP contribution in [0.5, 0.6) is 0 Å². The number of piperidine rings is 1. The van der Waals surface area contributed by atoms with Crippen molar-refractivity contribution < 1.29 is 14.3 Å². The lowest BCUT2D eigenvalue weighted by Gasteiger charge is -2.30. The Balaban J connectivity index is 2.14. The molecular weight excluding hydrogens is 280 g/mol. The van der Waals surface area contributed by atoms with E-state index in [1.807, 2.05) is 13.8 Å². The maximum atomic E-state index is 12.6. The summed E-state index contributed by atoms with van der Waals surface area (Å²) in [7, 11) is 0. The zero-order valence-corrected chi connectivity index (χ0v) is 14.0. The van der Waals surface area contributed by atoms with Gasteiger partial charge in [0.15, 0.2) is 5.78 Å². The highest BCUT2D eigenvalue weighted by atomic mass is 16.5. The van der Waals surface area contributed by atoms with Crippen LogP contribution in [0, 0.1) is 19.8 Å². The number of nitrogens with zero attached hydrogens (tertiary/aromatic N) is 1. The third-order valence-electron chi connectivity index (χ3n) is 4.30. The highest BCUT2D eigenvalue weighted by Gasteiger charge is 2.25. The summed E-state index contributed by atoms with van der Waals surface area (Å²) in [5.41, 5.74) is 2.48. The van der Waals surface area contributed by atoms with E-state index in [9.17, 15) is 9.59 Å². The molecule has 0 radical (unpaired) electrons. The Morgan fingerprint density at radius 1 is 1.36 bits per heavy atom. The molecule has 1 aliphatic heterocycles. The van der Waals surface area contributed by atoms with Crippen molar-refractivity contribution in [1.82, 2.24) is 9.88 Å². The summed E-state index contributed by atoms with van der Waals surface area (Å²) in [6, 6.07) is 0. The number of H-pyrrole nitrogens is 1. The van der Waals surface area contributed by atoms with Gasteiger partial charge in [0.2, 0.25) is 0 Å². The van der Waals surface area contributed by atoms with Gasteiger partial charge in [-0.3, -0.25) is 9.69 Å². The first kappa shape index (κ1) is 16.7. The third kappa shape index (κ3) is 3.58. The fraction of sp³-hybridized carbons (Fsp3) is 0.647. The summed E-state index contributed by atoms with van der Waals surface area (Å²) >= 11 is 0. The molecule has 5 heteroatoms. The minimum absolute atomic E-state index is 0.0795. The van der Waals surface area contributed by atoms with Gasteiger partial charge in [0.1, 0.15) is 5.69 Å². The molecule has 2 heterocycles. The number of esters is 1. The molecule has 1 N–H and O–H groups in total. The van der Waals surface area contributed by atoms with Gasteiger partial charge < -0.3 is 9.72 Å². The molecule has 1 aliphatic rings. The second-order valence-corrected chi connectivity index (χ2v) is 6.25. The number of hydrogen-bond donors (Lipinski definition) is 1. The molecule has 1 fully saturated rings. The highest BCUT2D eigenvalue weighted by Crippen LogP contribution is 2.21. The topological polar surface area (TPSA) is 62.4 Å². The number of rotatable bonds is 5. The molecule has 0 spiro atoms. The normalized spacial score (nSPS) is 19.2. The quantitative estimate of drug-likeness (QED) is 0.671. The van der Waals surface area contributed by atoms with E-state index in [-0.39, 0.29) is 5.78 Å². The highest BCUT2D eigenvalue weighted by molar-refractivity contribution is 6.03. The van der Waals surface area contributed by atoms with E-state index in [0.717, 1.165) is 25.2 Å². The van der Waals surface area contributed by atoms with Gasteiger partial charge in [0.25, 0.3) is 0 Å². The van der Waals surface area contributed by atoms with Crippen LogP contribution < -0.4 is 0 Å². The van der Waals surface area contributed by atoms with E-state index in [2.05, 4.69) is 16.8 Å². The predicted molar refractivity (Wildman–Crippen MR) is 85.4 cm³/mol. The Morgan fingerprint density at radius 3 is 2.73 bits per heavy atom. The van der Waals surface area contributed by atoms with Crippen LogP contribution in [0.4, 0.5) is 0 Å². The predicted octanol–water partition coefficient (Wildman–Crippen LogP) is 2.72. The number of aromatic nitrogens is 1. The molecule has 0 bridgehead atoms. The average Bonchev–Trinajstić information content (AvgIpc) is 2.74. The minimum Gasteiger partial charge on any atom is -0.461 e. The van der Waals surface area contributed by atoms with E-state index in [0.29, 0.717) is 35.9 Å². The first-order valence-electron chi connectivity index (χ1n) is 8.05. The van der Waals surface area contributed by atoms with Crippen molar-refractivity contribution in [2.24, 2.45) is 5.92 Å². The number of ether oxygens (including phenoxy) is 1. The fourth-order valence-electron chi connectivity index (χ4n) is 3.29. The van der Waals surface area contributed by atoms with Gasteiger partial charge in [-0.05, 0) is 51.6 Å². The number of aryl methyl sites for hydroxylation is 1. The van der Waals surface area contributed by atoms with E-state index in [1.165, 1.54) is 6.42 Å². The number of aromatic amines is 1. The standard InChI is InChI=1S/C17H26N2O3/c1-5-22-17(21)16-12(3)15(13(4)18-16)14(20)10-19-8-6-7-11(2)9-19/h11,18H,5-10H2,1-4H3. The van der Waals surface area contributed by atoms with Gasteiger partial charge in [-0.1, -0.05) is 6.92 Å². The van der Waals surface area contributed by atoms with E-state index in [4.69, 9.17) is 4.74 Å². The number of nitrogens with one attached hydrogen (secondary N) is 1. The van der Waals surface area contributed by atoms with Crippen LogP contribution in [-0.4, -0.2) is 47.9 Å². The number of likely N-dealkylation sites (tertiary alicyclic amines) is 1. The third-order valence-corrected chi connectivity index (χ3v) is 4.30. The molecule has 1 atom stereocenters. The summed E-state index contributed by atoms with van der Waals surface area (Å²) < 4.78 is 5.03. The van der Waals surface area contributed by atoms with Gasteiger partial charge >= 0.3 is 5.97 Å². The number of Topliss-reactive ketones (excluding diaryl/α,β-unsaturated/α-hetero) is 1. The van der Waals surface area contributed by atoms with Crippen molar-refractivity contribution in [1.29, 1.82) is 0 Å². The van der Waals surface area contributed by atoms with Gasteiger partial charge in [-0.25, -0.2) is 4.79 Å². The molecule has 1 aromatic rings. The molecule has 0 aromatic carbocycles. The van der Waals surface area contributed by atoms with Crippen LogP contribution in [-0.2, 0) is 4.74 Å². The maximum Gasteiger partial charge on any atom is 0.355 e. The van der Waals surface area contributed by atoms with Crippen LogP contribution in [0.15, 0.2) is 0 Å². The van der Waals surface area contributed by atoms with Gasteiger partial charge in [0.05, 0.1) is 13.2 Å². The van der Waals surface area contributed by atoms with Crippen molar-refractivity contribution >= 4 is 11.8 Å². The summed E-state index contributed by atoms with van der Waals surface area (Å²) in [5, 5.41) is 0. The molecule has 1 saturated heterocycles. The number of hydrogen-bond acceptors (Lipinski definition) is 4. The largest absolute Gasteiger partial charge is 0.461 e. The minimum atomic E-state index is -0.395. The van der Waals surface area contributed by atoms with Crippen molar-refractivity contribution in [2.75, 3.05) is 26.2 Å². The van der Waals surface area contributed by atoms with E-state index in [1.54, 1.807) is 6.92 Å². The summed E-state index contributed by atoms with van der Waals surface area (Å²) in [5.74, 6) is 0.328. The van der Waals surface area contributed by atoms with Gasteiger partial charge in [0, 0.05) is 17.8 Å². The molecule has 0 saturated carbocycles. The smallest absolute Gasteiger partial charge is 0.355 e. The Hall–Kier alpha value is -1.62. The lowest BCUT2D eigenvalue weighted by Crippen LogP contribution is -2.38. The van der Waals surface area contributed by atoms with Crippen molar-refractivity contribution in [3.63, 3.8) is 0 Å². The Kier molecular flexibility index (Phi) is 5.40. The van der Waals surface area contributed by atoms with Crippen LogP contribution in [0.1, 0.15) is 58.8 Å².